The molecule has 0 saturated carbocycles. The number of hydrogen-bond donors (Lipinski definition) is 4. The van der Waals surface area contributed by atoms with E-state index in [1.807, 2.05) is 32.9 Å². The average molecular weight is 733 g/mol. The van der Waals surface area contributed by atoms with Gasteiger partial charge in [0, 0.05) is 44.6 Å². The molecule has 4 saturated heterocycles. The molecule has 6 rings (SSSR count). The maximum atomic E-state index is 14.2. The van der Waals surface area contributed by atoms with Gasteiger partial charge in [-0.2, -0.15) is 0 Å². The molecule has 12 heteroatoms. The van der Waals surface area contributed by atoms with E-state index in [9.17, 15) is 25.2 Å². The van der Waals surface area contributed by atoms with Gasteiger partial charge in [-0.15, -0.1) is 0 Å². The molecule has 0 aromatic heterocycles. The highest BCUT2D eigenvalue weighted by atomic mass is 16.7. The van der Waals surface area contributed by atoms with Crippen LogP contribution in [-0.2, 0) is 38.0 Å². The number of allylic oxidation sites excluding steroid dienone is 2. The summed E-state index contributed by atoms with van der Waals surface area (Å²) >= 11 is 0. The third-order valence-electron chi connectivity index (χ3n) is 12.3. The molecule has 0 amide bonds. The molecule has 5 unspecified atom stereocenters. The van der Waals surface area contributed by atoms with Crippen molar-refractivity contribution in [1.82, 2.24) is 0 Å². The Labute approximate surface area is 307 Å². The highest BCUT2D eigenvalue weighted by Crippen LogP contribution is 2.48. The number of rotatable bonds is 4. The molecule has 2 bridgehead atoms. The molecule has 4 fully saturated rings. The first-order chi connectivity index (χ1) is 24.6. The zero-order valence-electron chi connectivity index (χ0n) is 31.8. The van der Waals surface area contributed by atoms with Gasteiger partial charge in [-0.25, -0.2) is 0 Å². The topological polar surface area (TPSA) is 163 Å². The largest absolute Gasteiger partial charge is 0.462 e. The fourth-order valence-electron chi connectivity index (χ4n) is 9.16. The molecule has 0 aromatic carbocycles. The molecule has 5 heterocycles. The fraction of sp³-hybridized carbons (Fsp3) is 0.775. The SMILES string of the molecule is COC1CC(O[C@@H]2/C(C)=C/C[C@@H]3C[C@@H](C[C@]4(CC(O)[C@H](C)[C@@H](C(C)C)O4)O3)OC(=O)[C@@H]3C=C(C)[C@@H](O)[C@H]4OC/C(=C/C=C/[C@@H]2C)[C@]43O)OC(C)C1O. The van der Waals surface area contributed by atoms with E-state index in [1.165, 1.54) is 0 Å². The molecule has 0 radical (unpaired) electrons. The lowest BCUT2D eigenvalue weighted by molar-refractivity contribution is -0.353. The summed E-state index contributed by atoms with van der Waals surface area (Å²) in [6.07, 6.45) is 3.88. The van der Waals surface area contributed by atoms with Gasteiger partial charge >= 0.3 is 5.97 Å². The maximum Gasteiger partial charge on any atom is 0.316 e. The summed E-state index contributed by atoms with van der Waals surface area (Å²) < 4.78 is 44.1. The minimum absolute atomic E-state index is 0.0260. The van der Waals surface area contributed by atoms with Crippen molar-refractivity contribution in [3.63, 3.8) is 0 Å². The Morgan fingerprint density at radius 3 is 2.46 bits per heavy atom. The summed E-state index contributed by atoms with van der Waals surface area (Å²) in [5.41, 5.74) is 0.0696. The van der Waals surface area contributed by atoms with Crippen molar-refractivity contribution in [2.75, 3.05) is 13.7 Å². The van der Waals surface area contributed by atoms with Crippen LogP contribution < -0.4 is 0 Å². The number of hydrogen-bond acceptors (Lipinski definition) is 12. The summed E-state index contributed by atoms with van der Waals surface area (Å²) in [7, 11) is 1.57. The number of carbonyl (C=O) groups excluding carboxylic acids is 1. The van der Waals surface area contributed by atoms with Crippen molar-refractivity contribution in [3.8, 4) is 0 Å². The average Bonchev–Trinajstić information content (AvgIpc) is 3.43. The minimum atomic E-state index is -1.84. The van der Waals surface area contributed by atoms with Gasteiger partial charge in [0.15, 0.2) is 12.1 Å². The number of aliphatic hydroxyl groups is 4. The molecule has 12 nitrogen and oxygen atoms in total. The maximum absolute atomic E-state index is 14.2. The van der Waals surface area contributed by atoms with Crippen molar-refractivity contribution in [3.05, 3.63) is 47.1 Å². The molecule has 1 aliphatic carbocycles. The Balaban J connectivity index is 1.39. The first-order valence-electron chi connectivity index (χ1n) is 19.1. The lowest BCUT2D eigenvalue weighted by atomic mass is 9.71. The van der Waals surface area contributed by atoms with E-state index in [0.717, 1.165) is 5.57 Å². The molecule has 52 heavy (non-hydrogen) atoms. The first kappa shape index (κ1) is 39.7. The van der Waals surface area contributed by atoms with Gasteiger partial charge in [0.1, 0.15) is 35.9 Å². The fourth-order valence-corrected chi connectivity index (χ4v) is 9.16. The van der Waals surface area contributed by atoms with Gasteiger partial charge in [-0.1, -0.05) is 58.1 Å². The van der Waals surface area contributed by atoms with Crippen LogP contribution in [0, 0.1) is 23.7 Å². The van der Waals surface area contributed by atoms with Gasteiger partial charge in [0.05, 0.1) is 43.2 Å². The van der Waals surface area contributed by atoms with E-state index in [2.05, 4.69) is 19.9 Å². The van der Waals surface area contributed by atoms with E-state index in [4.69, 9.17) is 33.2 Å². The predicted octanol–water partition coefficient (Wildman–Crippen LogP) is 3.65. The summed E-state index contributed by atoms with van der Waals surface area (Å²) in [6.45, 7) is 13.7. The van der Waals surface area contributed by atoms with Crippen LogP contribution in [0.3, 0.4) is 0 Å². The second-order valence-corrected chi connectivity index (χ2v) is 16.4. The molecule has 4 N–H and O–H groups in total. The van der Waals surface area contributed by atoms with E-state index in [0.29, 0.717) is 30.4 Å². The third-order valence-corrected chi connectivity index (χ3v) is 12.3. The lowest BCUT2D eigenvalue weighted by Gasteiger charge is -2.52. The summed E-state index contributed by atoms with van der Waals surface area (Å²) in [5.74, 6) is -3.12. The van der Waals surface area contributed by atoms with Crippen molar-refractivity contribution in [2.24, 2.45) is 23.7 Å². The summed E-state index contributed by atoms with van der Waals surface area (Å²) in [6, 6.07) is 0. The van der Waals surface area contributed by atoms with Crippen molar-refractivity contribution >= 4 is 5.97 Å². The summed E-state index contributed by atoms with van der Waals surface area (Å²) in [5, 5.41) is 45.3. The number of ether oxygens (including phenoxy) is 7. The van der Waals surface area contributed by atoms with Crippen molar-refractivity contribution in [1.29, 1.82) is 0 Å². The van der Waals surface area contributed by atoms with Gasteiger partial charge in [0.2, 0.25) is 0 Å². The minimum Gasteiger partial charge on any atom is -0.462 e. The van der Waals surface area contributed by atoms with E-state index < -0.39 is 84.5 Å². The number of carbonyl (C=O) groups is 1. The van der Waals surface area contributed by atoms with Crippen LogP contribution in [0.4, 0.5) is 0 Å². The molecule has 0 aromatic rings. The quantitative estimate of drug-likeness (QED) is 0.246. The second kappa shape index (κ2) is 15.6. The third kappa shape index (κ3) is 7.63. The number of fused-ring (bicyclic) bond motifs is 2. The van der Waals surface area contributed by atoms with Gasteiger partial charge in [0.25, 0.3) is 0 Å². The Kier molecular flexibility index (Phi) is 11.9. The van der Waals surface area contributed by atoms with E-state index in [1.54, 1.807) is 33.1 Å². The number of methoxy groups -OCH3 is 1. The number of esters is 1. The molecule has 16 atom stereocenters. The highest BCUT2D eigenvalue weighted by Gasteiger charge is 2.60. The lowest BCUT2D eigenvalue weighted by Crippen LogP contribution is -2.60. The van der Waals surface area contributed by atoms with Crippen LogP contribution in [0.25, 0.3) is 0 Å². The Bertz CT molecular complexity index is 1420. The monoisotopic (exact) mass is 732 g/mol. The van der Waals surface area contributed by atoms with Crippen LogP contribution in [-0.4, -0.2) is 119 Å². The first-order valence-corrected chi connectivity index (χ1v) is 19.1. The van der Waals surface area contributed by atoms with Crippen molar-refractivity contribution < 1.29 is 58.4 Å². The summed E-state index contributed by atoms with van der Waals surface area (Å²) in [4.78, 5) is 14.2. The van der Waals surface area contributed by atoms with Crippen LogP contribution in [0.5, 0.6) is 0 Å². The van der Waals surface area contributed by atoms with Gasteiger partial charge < -0.3 is 53.6 Å². The molecular formula is C40H60O12. The Hall–Kier alpha value is -1.97. The smallest absolute Gasteiger partial charge is 0.316 e. The second-order valence-electron chi connectivity index (χ2n) is 16.4. The highest BCUT2D eigenvalue weighted by molar-refractivity contribution is 5.78. The van der Waals surface area contributed by atoms with Crippen LogP contribution in [0.1, 0.15) is 80.6 Å². The van der Waals surface area contributed by atoms with Crippen molar-refractivity contribution in [2.45, 2.75) is 159 Å². The number of aliphatic hydroxyl groups excluding tert-OH is 3. The van der Waals surface area contributed by atoms with Crippen LogP contribution in [0.15, 0.2) is 47.1 Å². The van der Waals surface area contributed by atoms with Crippen LogP contribution >= 0.6 is 0 Å². The van der Waals surface area contributed by atoms with Gasteiger partial charge in [-0.05, 0) is 49.8 Å². The normalized spacial score (nSPS) is 50.0. The molecule has 6 aliphatic rings. The Morgan fingerprint density at radius 1 is 1.00 bits per heavy atom. The van der Waals surface area contributed by atoms with Crippen LogP contribution in [0.2, 0.25) is 0 Å². The standard InChI is InChI=1S/C40H60O12/c1-20(2)35-24(6)30(41)18-39(52-35)17-28-15-27(51-39)13-12-22(4)36(50-32-16-31(46-8)34(43)25(7)48-32)21(3)10-9-11-26-19-47-37-33(42)23(5)14-29(38(44)49-28)40(26,37)45/h9-12,14,20-21,24-25,27-37,41-43,45H,13,15-19H2,1-8H3/b10-9+,22-12+,26-11-/t21-,24-,25?,27+,28-,29-,30?,31?,32?,33+,34?,35+,36-,37+,39-,40+/m0/s1. The zero-order valence-corrected chi connectivity index (χ0v) is 31.8. The van der Waals surface area contributed by atoms with E-state index in [-0.39, 0.29) is 43.3 Å². The molecule has 5 aliphatic heterocycles. The molecule has 1 spiro atoms. The van der Waals surface area contributed by atoms with E-state index >= 15 is 0 Å². The zero-order chi connectivity index (χ0) is 37.7. The van der Waals surface area contributed by atoms with Gasteiger partial charge in [-0.3, -0.25) is 4.79 Å². The predicted molar refractivity (Wildman–Crippen MR) is 190 cm³/mol. The Morgan fingerprint density at radius 2 is 1.75 bits per heavy atom. The molecule has 292 valence electrons. The molecular weight excluding hydrogens is 672 g/mol.